The average molecular weight is 279 g/mol. The van der Waals surface area contributed by atoms with Crippen molar-refractivity contribution >= 4 is 0 Å². The Morgan fingerprint density at radius 2 is 1.70 bits per heavy atom. The number of alkyl halides is 3. The number of hydrogen-bond donors (Lipinski definition) is 0. The van der Waals surface area contributed by atoms with Crippen molar-refractivity contribution in [2.24, 2.45) is 0 Å². The molecule has 2 aromatic carbocycles. The molecule has 0 radical (unpaired) electrons. The third kappa shape index (κ3) is 2.50. The minimum absolute atomic E-state index is 0.0144. The number of benzene rings is 2. The van der Waals surface area contributed by atoms with Crippen LogP contribution >= 0.6 is 0 Å². The summed E-state index contributed by atoms with van der Waals surface area (Å²) >= 11 is 0. The van der Waals surface area contributed by atoms with Crippen LogP contribution in [0.5, 0.6) is 0 Å². The third-order valence-corrected chi connectivity index (χ3v) is 2.94. The second-order valence-corrected chi connectivity index (χ2v) is 4.30. The first-order valence-corrected chi connectivity index (χ1v) is 5.71. The first kappa shape index (κ1) is 14.1. The quantitative estimate of drug-likeness (QED) is 0.694. The fraction of sp³-hybridized carbons (Fsp3) is 0.133. The molecule has 0 aliphatic carbocycles. The molecule has 1 nitrogen and oxygen atoms in total. The number of rotatable bonds is 1. The van der Waals surface area contributed by atoms with E-state index in [1.165, 1.54) is 31.2 Å². The van der Waals surface area contributed by atoms with Crippen molar-refractivity contribution in [1.29, 1.82) is 5.26 Å². The van der Waals surface area contributed by atoms with Gasteiger partial charge in [-0.25, -0.2) is 4.39 Å². The first-order valence-electron chi connectivity index (χ1n) is 5.71. The van der Waals surface area contributed by atoms with E-state index in [1.807, 2.05) is 0 Å². The third-order valence-electron chi connectivity index (χ3n) is 2.94. The standard InChI is InChI=1S/C15H9F4N/c1-9-6-10(8-20)12(7-14(9)16)11-4-2-3-5-13(11)15(17,18)19/h2-7H,1H3. The van der Waals surface area contributed by atoms with E-state index in [2.05, 4.69) is 0 Å². The molecule has 2 rings (SSSR count). The summed E-state index contributed by atoms with van der Waals surface area (Å²) in [5.74, 6) is -0.643. The Morgan fingerprint density at radius 3 is 2.30 bits per heavy atom. The highest BCUT2D eigenvalue weighted by molar-refractivity contribution is 5.74. The summed E-state index contributed by atoms with van der Waals surface area (Å²) in [6.07, 6.45) is -4.56. The summed E-state index contributed by atoms with van der Waals surface area (Å²) < 4.78 is 52.5. The number of nitriles is 1. The van der Waals surface area contributed by atoms with Crippen LogP contribution in [0.3, 0.4) is 0 Å². The van der Waals surface area contributed by atoms with Crippen LogP contribution in [0.4, 0.5) is 17.6 Å². The van der Waals surface area contributed by atoms with Gasteiger partial charge in [0.15, 0.2) is 0 Å². The van der Waals surface area contributed by atoms with Gasteiger partial charge in [0.05, 0.1) is 17.2 Å². The number of hydrogen-bond acceptors (Lipinski definition) is 1. The van der Waals surface area contributed by atoms with Gasteiger partial charge in [-0.3, -0.25) is 0 Å². The maximum Gasteiger partial charge on any atom is 0.417 e. The maximum absolute atomic E-state index is 13.6. The lowest BCUT2D eigenvalue weighted by molar-refractivity contribution is -0.137. The van der Waals surface area contributed by atoms with Crippen LogP contribution in [0.15, 0.2) is 36.4 Å². The van der Waals surface area contributed by atoms with Crippen molar-refractivity contribution < 1.29 is 17.6 Å². The molecule has 0 heterocycles. The predicted molar refractivity (Wildman–Crippen MR) is 66.3 cm³/mol. The molecule has 0 saturated carbocycles. The second-order valence-electron chi connectivity index (χ2n) is 4.30. The van der Waals surface area contributed by atoms with Crippen molar-refractivity contribution in [1.82, 2.24) is 0 Å². The molecular weight excluding hydrogens is 270 g/mol. The van der Waals surface area contributed by atoms with Crippen molar-refractivity contribution in [3.05, 3.63) is 58.9 Å². The fourth-order valence-corrected chi connectivity index (χ4v) is 1.96. The Labute approximate surface area is 113 Å². The molecule has 0 bridgehead atoms. The fourth-order valence-electron chi connectivity index (χ4n) is 1.96. The molecule has 0 atom stereocenters. The van der Waals surface area contributed by atoms with Gasteiger partial charge >= 0.3 is 6.18 Å². The number of aryl methyl sites for hydroxylation is 1. The van der Waals surface area contributed by atoms with Gasteiger partial charge in [-0.05, 0) is 36.2 Å². The SMILES string of the molecule is Cc1cc(C#N)c(-c2ccccc2C(F)(F)F)cc1F. The van der Waals surface area contributed by atoms with E-state index in [4.69, 9.17) is 5.26 Å². The highest BCUT2D eigenvalue weighted by atomic mass is 19.4. The van der Waals surface area contributed by atoms with Gasteiger partial charge in [0.1, 0.15) is 5.82 Å². The van der Waals surface area contributed by atoms with Crippen molar-refractivity contribution in [2.45, 2.75) is 13.1 Å². The van der Waals surface area contributed by atoms with Crippen LogP contribution in [-0.2, 0) is 6.18 Å². The molecule has 102 valence electrons. The average Bonchev–Trinajstić information content (AvgIpc) is 2.40. The lowest BCUT2D eigenvalue weighted by atomic mass is 9.94. The molecule has 5 heteroatoms. The van der Waals surface area contributed by atoms with E-state index in [0.717, 1.165) is 12.1 Å². The van der Waals surface area contributed by atoms with E-state index in [-0.39, 0.29) is 22.3 Å². The van der Waals surface area contributed by atoms with Crippen LogP contribution in [-0.4, -0.2) is 0 Å². The smallest absolute Gasteiger partial charge is 0.207 e. The minimum Gasteiger partial charge on any atom is -0.207 e. The van der Waals surface area contributed by atoms with Gasteiger partial charge in [-0.15, -0.1) is 0 Å². The minimum atomic E-state index is -4.56. The molecule has 0 N–H and O–H groups in total. The topological polar surface area (TPSA) is 23.8 Å². The largest absolute Gasteiger partial charge is 0.417 e. The molecule has 0 fully saturated rings. The van der Waals surface area contributed by atoms with E-state index in [9.17, 15) is 17.6 Å². The monoisotopic (exact) mass is 279 g/mol. The van der Waals surface area contributed by atoms with Crippen LogP contribution in [0.1, 0.15) is 16.7 Å². The van der Waals surface area contributed by atoms with Crippen LogP contribution in [0, 0.1) is 24.1 Å². The highest BCUT2D eigenvalue weighted by Gasteiger charge is 2.33. The Bertz CT molecular complexity index is 696. The van der Waals surface area contributed by atoms with Gasteiger partial charge < -0.3 is 0 Å². The molecule has 20 heavy (non-hydrogen) atoms. The van der Waals surface area contributed by atoms with Gasteiger partial charge in [0.2, 0.25) is 0 Å². The Morgan fingerprint density at radius 1 is 1.05 bits per heavy atom. The number of halogens is 4. The summed E-state index contributed by atoms with van der Waals surface area (Å²) in [7, 11) is 0. The van der Waals surface area contributed by atoms with Gasteiger partial charge in [0.25, 0.3) is 0 Å². The highest BCUT2D eigenvalue weighted by Crippen LogP contribution is 2.38. The molecule has 2 aromatic rings. The van der Waals surface area contributed by atoms with Crippen molar-refractivity contribution in [3.63, 3.8) is 0 Å². The molecule has 0 aliphatic heterocycles. The zero-order valence-corrected chi connectivity index (χ0v) is 10.4. The van der Waals surface area contributed by atoms with Gasteiger partial charge in [0, 0.05) is 5.56 Å². The van der Waals surface area contributed by atoms with Gasteiger partial charge in [-0.2, -0.15) is 18.4 Å². The van der Waals surface area contributed by atoms with Crippen LogP contribution < -0.4 is 0 Å². The van der Waals surface area contributed by atoms with E-state index in [0.29, 0.717) is 0 Å². The summed E-state index contributed by atoms with van der Waals surface area (Å²) in [6, 6.07) is 8.84. The molecule has 0 aliphatic rings. The van der Waals surface area contributed by atoms with Crippen molar-refractivity contribution in [2.75, 3.05) is 0 Å². The Hall–Kier alpha value is -2.35. The molecule has 0 spiro atoms. The molecule has 0 amide bonds. The first-order chi connectivity index (χ1) is 9.34. The predicted octanol–water partition coefficient (Wildman–Crippen LogP) is 4.69. The number of nitrogens with zero attached hydrogens (tertiary/aromatic N) is 1. The lowest BCUT2D eigenvalue weighted by Gasteiger charge is -2.14. The molecule has 0 saturated heterocycles. The molecular formula is C15H9F4N. The zero-order chi connectivity index (χ0) is 14.9. The van der Waals surface area contributed by atoms with Crippen molar-refractivity contribution in [3.8, 4) is 17.2 Å². The molecule has 0 unspecified atom stereocenters. The van der Waals surface area contributed by atoms with Crippen LogP contribution in [0.2, 0.25) is 0 Å². The molecule has 0 aromatic heterocycles. The summed E-state index contributed by atoms with van der Waals surface area (Å²) in [4.78, 5) is 0. The Balaban J connectivity index is 2.76. The normalized spacial score (nSPS) is 11.2. The Kier molecular flexibility index (Phi) is 3.49. The van der Waals surface area contributed by atoms with Gasteiger partial charge in [-0.1, -0.05) is 18.2 Å². The van der Waals surface area contributed by atoms with Crippen LogP contribution in [0.25, 0.3) is 11.1 Å². The second kappa shape index (κ2) is 4.97. The summed E-state index contributed by atoms with van der Waals surface area (Å²) in [5, 5.41) is 9.04. The summed E-state index contributed by atoms with van der Waals surface area (Å²) in [5.41, 5.74) is -0.908. The maximum atomic E-state index is 13.6. The van der Waals surface area contributed by atoms with E-state index < -0.39 is 17.6 Å². The lowest BCUT2D eigenvalue weighted by Crippen LogP contribution is -2.07. The summed E-state index contributed by atoms with van der Waals surface area (Å²) in [6.45, 7) is 1.45. The van der Waals surface area contributed by atoms with E-state index in [1.54, 1.807) is 6.07 Å². The zero-order valence-electron chi connectivity index (χ0n) is 10.4. The van der Waals surface area contributed by atoms with E-state index >= 15 is 0 Å².